The van der Waals surface area contributed by atoms with Gasteiger partial charge in [0.05, 0.1) is 6.42 Å². The van der Waals surface area contributed by atoms with Crippen LogP contribution in [-0.4, -0.2) is 18.5 Å². The van der Waals surface area contributed by atoms with Crippen molar-refractivity contribution in [2.75, 3.05) is 0 Å². The maximum absolute atomic E-state index is 11.4. The molecule has 60 valence electrons. The highest BCUT2D eigenvalue weighted by Crippen LogP contribution is 2.21. The van der Waals surface area contributed by atoms with Crippen LogP contribution < -0.4 is 5.73 Å². The van der Waals surface area contributed by atoms with Gasteiger partial charge in [0.15, 0.2) is 0 Å². The fraction of sp³-hybridized carbons (Fsp3) is 0.800. The molecule has 0 saturated heterocycles. The van der Waals surface area contributed by atoms with Crippen molar-refractivity contribution in [1.82, 2.24) is 0 Å². The molecule has 10 heavy (non-hydrogen) atoms. The van der Waals surface area contributed by atoms with Crippen LogP contribution in [0.5, 0.6) is 0 Å². The number of halogens is 3. The fourth-order valence-corrected chi connectivity index (χ4v) is 0.504. The van der Waals surface area contributed by atoms with Crippen LogP contribution in [0, 0.1) is 0 Å². The maximum Gasteiger partial charge on any atom is 0.390 e. The molecule has 2 nitrogen and oxygen atoms in total. The van der Waals surface area contributed by atoms with Gasteiger partial charge in [-0.2, -0.15) is 13.2 Å². The van der Waals surface area contributed by atoms with Crippen LogP contribution in [0.3, 0.4) is 0 Å². The number of aldehydes is 1. The molecule has 5 heteroatoms. The van der Waals surface area contributed by atoms with Crippen LogP contribution in [0.25, 0.3) is 0 Å². The zero-order valence-corrected chi connectivity index (χ0v) is 5.19. The molecule has 0 rings (SSSR count). The summed E-state index contributed by atoms with van der Waals surface area (Å²) < 4.78 is 34.3. The minimum absolute atomic E-state index is 0.237. The van der Waals surface area contributed by atoms with E-state index < -0.39 is 18.6 Å². The van der Waals surface area contributed by atoms with Crippen LogP contribution in [-0.2, 0) is 4.79 Å². The molecule has 0 aromatic carbocycles. The SMILES string of the molecule is NC(CC=O)CC(F)(F)F. The molecule has 0 aromatic rings. The molecule has 0 saturated carbocycles. The Kier molecular flexibility index (Phi) is 3.35. The number of carbonyl (C=O) groups is 1. The van der Waals surface area contributed by atoms with Crippen LogP contribution in [0.15, 0.2) is 0 Å². The Morgan fingerprint density at radius 3 is 2.30 bits per heavy atom. The van der Waals surface area contributed by atoms with Crippen LogP contribution >= 0.6 is 0 Å². The van der Waals surface area contributed by atoms with E-state index in [4.69, 9.17) is 5.73 Å². The standard InChI is InChI=1S/C5H8F3NO/c6-5(7,8)3-4(9)1-2-10/h2,4H,1,3,9H2. The largest absolute Gasteiger partial charge is 0.390 e. The predicted molar refractivity (Wildman–Crippen MR) is 29.3 cm³/mol. The minimum atomic E-state index is -4.26. The monoisotopic (exact) mass is 155 g/mol. The molecule has 0 spiro atoms. The van der Waals surface area contributed by atoms with Crippen molar-refractivity contribution in [2.24, 2.45) is 5.73 Å². The summed E-state index contributed by atoms with van der Waals surface area (Å²) >= 11 is 0. The summed E-state index contributed by atoms with van der Waals surface area (Å²) in [7, 11) is 0. The molecule has 0 aliphatic rings. The van der Waals surface area contributed by atoms with Crippen LogP contribution in [0.2, 0.25) is 0 Å². The number of hydrogen-bond acceptors (Lipinski definition) is 2. The molecular formula is C5H8F3NO. The highest BCUT2D eigenvalue weighted by molar-refractivity contribution is 5.50. The van der Waals surface area contributed by atoms with Gasteiger partial charge in [0.25, 0.3) is 0 Å². The van der Waals surface area contributed by atoms with Gasteiger partial charge in [-0.1, -0.05) is 0 Å². The van der Waals surface area contributed by atoms with Crippen molar-refractivity contribution in [1.29, 1.82) is 0 Å². The van der Waals surface area contributed by atoms with E-state index in [2.05, 4.69) is 0 Å². The quantitative estimate of drug-likeness (QED) is 0.614. The van der Waals surface area contributed by atoms with Gasteiger partial charge in [0, 0.05) is 12.5 Å². The molecule has 0 fully saturated rings. The van der Waals surface area contributed by atoms with Crippen LogP contribution in [0.4, 0.5) is 13.2 Å². The first-order chi connectivity index (χ1) is 4.45. The summed E-state index contributed by atoms with van der Waals surface area (Å²) in [5, 5.41) is 0. The fourth-order valence-electron chi connectivity index (χ4n) is 0.504. The molecule has 1 unspecified atom stereocenters. The number of hydrogen-bond donors (Lipinski definition) is 1. The van der Waals surface area contributed by atoms with E-state index in [-0.39, 0.29) is 6.42 Å². The third kappa shape index (κ3) is 5.55. The molecule has 0 heterocycles. The Hall–Kier alpha value is -0.580. The third-order valence-electron chi connectivity index (χ3n) is 0.893. The van der Waals surface area contributed by atoms with E-state index in [9.17, 15) is 18.0 Å². The lowest BCUT2D eigenvalue weighted by atomic mass is 10.2. The number of nitrogens with two attached hydrogens (primary N) is 1. The van der Waals surface area contributed by atoms with E-state index >= 15 is 0 Å². The van der Waals surface area contributed by atoms with Crippen LogP contribution in [0.1, 0.15) is 12.8 Å². The average Bonchev–Trinajstić information content (AvgIpc) is 1.59. The first-order valence-corrected chi connectivity index (χ1v) is 2.71. The van der Waals surface area contributed by atoms with E-state index in [1.807, 2.05) is 0 Å². The van der Waals surface area contributed by atoms with E-state index in [1.165, 1.54) is 0 Å². The summed E-state index contributed by atoms with van der Waals surface area (Å²) in [5.41, 5.74) is 4.92. The lowest BCUT2D eigenvalue weighted by Gasteiger charge is -2.10. The molecule has 0 aromatic heterocycles. The van der Waals surface area contributed by atoms with Crippen molar-refractivity contribution >= 4 is 6.29 Å². The molecule has 0 aliphatic heterocycles. The van der Waals surface area contributed by atoms with Crippen molar-refractivity contribution in [3.05, 3.63) is 0 Å². The Morgan fingerprint density at radius 1 is 1.50 bits per heavy atom. The molecule has 0 amide bonds. The Labute approximate surface area is 56.2 Å². The Morgan fingerprint density at radius 2 is 2.00 bits per heavy atom. The van der Waals surface area contributed by atoms with Gasteiger partial charge >= 0.3 is 6.18 Å². The maximum atomic E-state index is 11.4. The first kappa shape index (κ1) is 9.42. The second kappa shape index (κ2) is 3.55. The minimum Gasteiger partial charge on any atom is -0.327 e. The number of carbonyl (C=O) groups excluding carboxylic acids is 1. The lowest BCUT2D eigenvalue weighted by Crippen LogP contribution is -2.27. The summed E-state index contributed by atoms with van der Waals surface area (Å²) in [6, 6.07) is -1.09. The normalized spacial score (nSPS) is 14.8. The van der Waals surface area contributed by atoms with Gasteiger partial charge in [-0.05, 0) is 0 Å². The van der Waals surface area contributed by atoms with Crippen molar-refractivity contribution in [3.63, 3.8) is 0 Å². The molecule has 2 N–H and O–H groups in total. The molecule has 0 radical (unpaired) electrons. The topological polar surface area (TPSA) is 43.1 Å². The molecule has 0 aliphatic carbocycles. The van der Waals surface area contributed by atoms with Gasteiger partial charge in [-0.3, -0.25) is 0 Å². The second-order valence-electron chi connectivity index (χ2n) is 1.98. The van der Waals surface area contributed by atoms with Gasteiger partial charge in [-0.15, -0.1) is 0 Å². The predicted octanol–water partition coefficient (Wildman–Crippen LogP) is 0.855. The Bertz CT molecular complexity index is 112. The van der Waals surface area contributed by atoms with Gasteiger partial charge in [0.1, 0.15) is 6.29 Å². The highest BCUT2D eigenvalue weighted by atomic mass is 19.4. The second-order valence-corrected chi connectivity index (χ2v) is 1.98. The zero-order chi connectivity index (χ0) is 8.20. The summed E-state index contributed by atoms with van der Waals surface area (Å²) in [6.07, 6.45) is -5.20. The zero-order valence-electron chi connectivity index (χ0n) is 5.19. The van der Waals surface area contributed by atoms with E-state index in [0.717, 1.165) is 0 Å². The summed E-state index contributed by atoms with van der Waals surface area (Å²) in [5.74, 6) is 0. The summed E-state index contributed by atoms with van der Waals surface area (Å²) in [4.78, 5) is 9.65. The number of alkyl halides is 3. The molecular weight excluding hydrogens is 147 g/mol. The highest BCUT2D eigenvalue weighted by Gasteiger charge is 2.29. The smallest absolute Gasteiger partial charge is 0.327 e. The number of rotatable bonds is 3. The van der Waals surface area contributed by atoms with E-state index in [1.54, 1.807) is 0 Å². The van der Waals surface area contributed by atoms with Gasteiger partial charge < -0.3 is 10.5 Å². The summed E-state index contributed by atoms with van der Waals surface area (Å²) in [6.45, 7) is 0. The molecule has 0 bridgehead atoms. The average molecular weight is 155 g/mol. The van der Waals surface area contributed by atoms with Crippen molar-refractivity contribution in [2.45, 2.75) is 25.1 Å². The van der Waals surface area contributed by atoms with Gasteiger partial charge in [0.2, 0.25) is 0 Å². The Balaban J connectivity index is 3.56. The van der Waals surface area contributed by atoms with Crippen molar-refractivity contribution in [3.8, 4) is 0 Å². The van der Waals surface area contributed by atoms with Gasteiger partial charge in [-0.25, -0.2) is 0 Å². The third-order valence-corrected chi connectivity index (χ3v) is 0.893. The first-order valence-electron chi connectivity index (χ1n) is 2.71. The van der Waals surface area contributed by atoms with Crippen molar-refractivity contribution < 1.29 is 18.0 Å². The molecule has 1 atom stereocenters. The van der Waals surface area contributed by atoms with E-state index in [0.29, 0.717) is 6.29 Å². The lowest BCUT2D eigenvalue weighted by molar-refractivity contribution is -0.138.